The summed E-state index contributed by atoms with van der Waals surface area (Å²) in [5.41, 5.74) is 1.77. The van der Waals surface area contributed by atoms with Gasteiger partial charge in [-0.15, -0.1) is 0 Å². The third kappa shape index (κ3) is 1.72. The van der Waals surface area contributed by atoms with Gasteiger partial charge in [0, 0.05) is 18.4 Å². The summed E-state index contributed by atoms with van der Waals surface area (Å²) >= 11 is 0. The first-order chi connectivity index (χ1) is 5.65. The van der Waals surface area contributed by atoms with E-state index in [-0.39, 0.29) is 5.78 Å². The smallest absolute Gasteiger partial charge is 0.137 e. The van der Waals surface area contributed by atoms with Gasteiger partial charge < -0.3 is 4.52 Å². The summed E-state index contributed by atoms with van der Waals surface area (Å²) in [6.07, 6.45) is 1.03. The topological polar surface area (TPSA) is 43.1 Å². The number of rotatable bonds is 3. The quantitative estimate of drug-likeness (QED) is 0.689. The van der Waals surface area contributed by atoms with Crippen molar-refractivity contribution < 1.29 is 9.32 Å². The molecule has 1 rings (SSSR count). The minimum absolute atomic E-state index is 0.226. The summed E-state index contributed by atoms with van der Waals surface area (Å²) < 4.78 is 4.94. The Bertz CT molecular complexity index is 269. The van der Waals surface area contributed by atoms with Crippen LogP contribution in [0.2, 0.25) is 0 Å². The third-order valence-corrected chi connectivity index (χ3v) is 1.95. The normalized spacial score (nSPS) is 10.2. The molecule has 0 unspecified atom stereocenters. The SMILES string of the molecule is CCC(=O)Cc1c(C)noc1C. The van der Waals surface area contributed by atoms with Gasteiger partial charge in [-0.25, -0.2) is 0 Å². The van der Waals surface area contributed by atoms with Crippen molar-refractivity contribution in [3.05, 3.63) is 17.0 Å². The van der Waals surface area contributed by atoms with Crippen LogP contribution in [0.15, 0.2) is 4.52 Å². The molecule has 0 aliphatic carbocycles. The molecule has 3 heteroatoms. The first-order valence-electron chi connectivity index (χ1n) is 4.08. The fourth-order valence-electron chi connectivity index (χ4n) is 1.08. The first-order valence-corrected chi connectivity index (χ1v) is 4.08. The number of hydrogen-bond donors (Lipinski definition) is 0. The molecule has 3 nitrogen and oxygen atoms in total. The van der Waals surface area contributed by atoms with Gasteiger partial charge in [0.05, 0.1) is 5.69 Å². The van der Waals surface area contributed by atoms with Gasteiger partial charge >= 0.3 is 0 Å². The zero-order valence-corrected chi connectivity index (χ0v) is 7.68. The van der Waals surface area contributed by atoms with Gasteiger partial charge in [0.15, 0.2) is 0 Å². The predicted molar refractivity (Wildman–Crippen MR) is 45.0 cm³/mol. The Balaban J connectivity index is 2.80. The lowest BCUT2D eigenvalue weighted by Crippen LogP contribution is -2.01. The van der Waals surface area contributed by atoms with E-state index in [9.17, 15) is 4.79 Å². The molecular formula is C9H13NO2. The van der Waals surface area contributed by atoms with Gasteiger partial charge in [0.1, 0.15) is 11.5 Å². The van der Waals surface area contributed by atoms with Crippen LogP contribution in [0.3, 0.4) is 0 Å². The molecule has 0 atom stereocenters. The highest BCUT2D eigenvalue weighted by molar-refractivity contribution is 5.80. The molecule has 0 spiro atoms. The molecule has 1 aromatic heterocycles. The van der Waals surface area contributed by atoms with Crippen molar-refractivity contribution in [3.8, 4) is 0 Å². The lowest BCUT2D eigenvalue weighted by atomic mass is 10.1. The van der Waals surface area contributed by atoms with Crippen molar-refractivity contribution in [3.63, 3.8) is 0 Å². The summed E-state index contributed by atoms with van der Waals surface area (Å²) in [5.74, 6) is 0.985. The van der Waals surface area contributed by atoms with Gasteiger partial charge in [-0.05, 0) is 13.8 Å². The van der Waals surface area contributed by atoms with E-state index < -0.39 is 0 Å². The van der Waals surface area contributed by atoms with Crippen LogP contribution in [0.25, 0.3) is 0 Å². The van der Waals surface area contributed by atoms with Crippen LogP contribution >= 0.6 is 0 Å². The minimum Gasteiger partial charge on any atom is -0.361 e. The molecule has 0 saturated carbocycles. The number of aromatic nitrogens is 1. The lowest BCUT2D eigenvalue weighted by molar-refractivity contribution is -0.118. The van der Waals surface area contributed by atoms with Crippen molar-refractivity contribution in [1.29, 1.82) is 0 Å². The summed E-state index contributed by atoms with van der Waals surface area (Å²) in [5, 5.41) is 3.78. The lowest BCUT2D eigenvalue weighted by Gasteiger charge is -1.95. The molecule has 0 saturated heterocycles. The van der Waals surface area contributed by atoms with Gasteiger partial charge in [0.2, 0.25) is 0 Å². The fourth-order valence-corrected chi connectivity index (χ4v) is 1.08. The molecule has 0 amide bonds. The maximum absolute atomic E-state index is 11.1. The largest absolute Gasteiger partial charge is 0.361 e. The van der Waals surface area contributed by atoms with E-state index in [4.69, 9.17) is 4.52 Å². The van der Waals surface area contributed by atoms with Gasteiger partial charge in [-0.2, -0.15) is 0 Å². The second kappa shape index (κ2) is 3.52. The van der Waals surface area contributed by atoms with Crippen LogP contribution in [0.4, 0.5) is 0 Å². The number of ketones is 1. The standard InChI is InChI=1S/C9H13NO2/c1-4-8(11)5-9-6(2)10-12-7(9)3/h4-5H2,1-3H3. The van der Waals surface area contributed by atoms with Gasteiger partial charge in [-0.3, -0.25) is 4.79 Å². The van der Waals surface area contributed by atoms with E-state index in [2.05, 4.69) is 5.16 Å². The van der Waals surface area contributed by atoms with Crippen LogP contribution < -0.4 is 0 Å². The molecule has 1 aromatic rings. The summed E-state index contributed by atoms with van der Waals surface area (Å²) in [6, 6.07) is 0. The highest BCUT2D eigenvalue weighted by atomic mass is 16.5. The average Bonchev–Trinajstić information content (AvgIpc) is 2.35. The Kier molecular flexibility index (Phi) is 2.63. The Labute approximate surface area is 71.7 Å². The number of aryl methyl sites for hydroxylation is 2. The average molecular weight is 167 g/mol. The second-order valence-electron chi connectivity index (χ2n) is 2.87. The van der Waals surface area contributed by atoms with E-state index >= 15 is 0 Å². The summed E-state index contributed by atoms with van der Waals surface area (Å²) in [7, 11) is 0. The Morgan fingerprint density at radius 3 is 2.58 bits per heavy atom. The van der Waals surface area contributed by atoms with Crippen LogP contribution in [0.1, 0.15) is 30.4 Å². The minimum atomic E-state index is 0.226. The maximum atomic E-state index is 11.1. The molecule has 1 heterocycles. The highest BCUT2D eigenvalue weighted by Crippen LogP contribution is 2.13. The van der Waals surface area contributed by atoms with Crippen molar-refractivity contribution in [2.24, 2.45) is 0 Å². The molecule has 12 heavy (non-hydrogen) atoms. The molecule has 0 N–H and O–H groups in total. The van der Waals surface area contributed by atoms with Crippen LogP contribution in [0, 0.1) is 13.8 Å². The van der Waals surface area contributed by atoms with Gasteiger partial charge in [0.25, 0.3) is 0 Å². The Hall–Kier alpha value is -1.12. The molecule has 66 valence electrons. The molecule has 0 radical (unpaired) electrons. The molecule has 0 aliphatic rings. The van der Waals surface area contributed by atoms with E-state index in [1.54, 1.807) is 0 Å². The molecule has 0 aromatic carbocycles. The fraction of sp³-hybridized carbons (Fsp3) is 0.556. The Morgan fingerprint density at radius 1 is 1.50 bits per heavy atom. The van der Waals surface area contributed by atoms with Gasteiger partial charge in [-0.1, -0.05) is 12.1 Å². The number of hydrogen-bond acceptors (Lipinski definition) is 3. The maximum Gasteiger partial charge on any atom is 0.137 e. The highest BCUT2D eigenvalue weighted by Gasteiger charge is 2.11. The molecule has 0 bridgehead atoms. The number of Topliss-reactive ketones (excluding diaryl/α,β-unsaturated/α-hetero) is 1. The van der Waals surface area contributed by atoms with Crippen molar-refractivity contribution in [1.82, 2.24) is 5.16 Å². The van der Waals surface area contributed by atoms with Crippen LogP contribution in [-0.2, 0) is 11.2 Å². The van der Waals surface area contributed by atoms with Crippen LogP contribution in [0.5, 0.6) is 0 Å². The second-order valence-corrected chi connectivity index (χ2v) is 2.87. The zero-order valence-electron chi connectivity index (χ0n) is 7.68. The van der Waals surface area contributed by atoms with E-state index in [0.29, 0.717) is 12.8 Å². The van der Waals surface area contributed by atoms with Crippen molar-refractivity contribution in [2.75, 3.05) is 0 Å². The molecule has 0 aliphatic heterocycles. The van der Waals surface area contributed by atoms with E-state index in [1.807, 2.05) is 20.8 Å². The predicted octanol–water partition coefficient (Wildman–Crippen LogP) is 1.81. The Morgan fingerprint density at radius 2 is 2.17 bits per heavy atom. The third-order valence-electron chi connectivity index (χ3n) is 1.95. The molecular weight excluding hydrogens is 154 g/mol. The monoisotopic (exact) mass is 167 g/mol. The van der Waals surface area contributed by atoms with E-state index in [1.165, 1.54) is 0 Å². The zero-order chi connectivity index (χ0) is 9.14. The van der Waals surface area contributed by atoms with Crippen LogP contribution in [-0.4, -0.2) is 10.9 Å². The number of carbonyl (C=O) groups is 1. The number of nitrogens with zero attached hydrogens (tertiary/aromatic N) is 1. The van der Waals surface area contributed by atoms with Crippen molar-refractivity contribution in [2.45, 2.75) is 33.6 Å². The number of carbonyl (C=O) groups excluding carboxylic acids is 1. The summed E-state index contributed by atoms with van der Waals surface area (Å²) in [4.78, 5) is 11.1. The van der Waals surface area contributed by atoms with E-state index in [0.717, 1.165) is 17.0 Å². The summed E-state index contributed by atoms with van der Waals surface area (Å²) in [6.45, 7) is 5.55. The molecule has 0 fully saturated rings. The first kappa shape index (κ1) is 8.97. The van der Waals surface area contributed by atoms with Crippen molar-refractivity contribution >= 4 is 5.78 Å².